The van der Waals surface area contributed by atoms with Crippen LogP contribution in [-0.2, 0) is 9.59 Å². The van der Waals surface area contributed by atoms with Crippen LogP contribution in [0.25, 0.3) is 0 Å². The van der Waals surface area contributed by atoms with E-state index in [-0.39, 0.29) is 17.9 Å². The normalized spacial score (nSPS) is 19.6. The first-order valence-electron chi connectivity index (χ1n) is 7.76. The third-order valence-corrected chi connectivity index (χ3v) is 4.29. The zero-order valence-electron chi connectivity index (χ0n) is 13.0. The van der Waals surface area contributed by atoms with Crippen LogP contribution in [0.15, 0.2) is 29.4 Å². The maximum absolute atomic E-state index is 12.5. The van der Waals surface area contributed by atoms with Gasteiger partial charge in [-0.2, -0.15) is 5.10 Å². The fourth-order valence-electron chi connectivity index (χ4n) is 2.73. The van der Waals surface area contributed by atoms with Crippen LogP contribution in [0.2, 0.25) is 0 Å². The maximum atomic E-state index is 12.5. The van der Waals surface area contributed by atoms with Gasteiger partial charge in [-0.1, -0.05) is 29.8 Å². The van der Waals surface area contributed by atoms with Gasteiger partial charge in [0, 0.05) is 19.9 Å². The molecule has 0 radical (unpaired) electrons. The van der Waals surface area contributed by atoms with Crippen LogP contribution in [-0.4, -0.2) is 29.6 Å². The van der Waals surface area contributed by atoms with Crippen molar-refractivity contribution in [3.63, 3.8) is 0 Å². The Hall–Kier alpha value is -2.17. The molecule has 0 saturated heterocycles. The summed E-state index contributed by atoms with van der Waals surface area (Å²) in [7, 11) is 1.59. The van der Waals surface area contributed by atoms with Crippen LogP contribution in [0.1, 0.15) is 42.9 Å². The number of hydrogen-bond acceptors (Lipinski definition) is 3. The molecule has 3 rings (SSSR count). The second-order valence-electron chi connectivity index (χ2n) is 6.16. The number of rotatable bonds is 4. The first-order valence-corrected chi connectivity index (χ1v) is 7.76. The smallest absolute Gasteiger partial charge is 0.267 e. The highest BCUT2D eigenvalue weighted by Crippen LogP contribution is 2.41. The largest absolute Gasteiger partial charge is 0.344 e. The molecular formula is C17H21N3O2. The molecule has 1 saturated carbocycles. The number of hydrazone groups is 1. The lowest BCUT2D eigenvalue weighted by atomic mass is 10.0. The first-order chi connectivity index (χ1) is 10.5. The lowest BCUT2D eigenvalue weighted by Crippen LogP contribution is -2.39. The van der Waals surface area contributed by atoms with Crippen molar-refractivity contribution in [1.82, 2.24) is 10.3 Å². The highest BCUT2D eigenvalue weighted by atomic mass is 16.2. The molecule has 1 fully saturated rings. The predicted molar refractivity (Wildman–Crippen MR) is 84.2 cm³/mol. The molecule has 2 amide bonds. The van der Waals surface area contributed by atoms with E-state index in [0.717, 1.165) is 18.4 Å². The lowest BCUT2D eigenvalue weighted by molar-refractivity contribution is -0.130. The third kappa shape index (κ3) is 3.18. The molecule has 1 aliphatic heterocycles. The Kier molecular flexibility index (Phi) is 3.96. The molecule has 0 spiro atoms. The second kappa shape index (κ2) is 5.91. The summed E-state index contributed by atoms with van der Waals surface area (Å²) in [6.07, 6.45) is 3.05. The van der Waals surface area contributed by atoms with Gasteiger partial charge in [0.15, 0.2) is 0 Å². The maximum Gasteiger partial charge on any atom is 0.267 e. The Bertz CT molecular complexity index is 617. The average Bonchev–Trinajstić information content (AvgIpc) is 3.33. The van der Waals surface area contributed by atoms with E-state index < -0.39 is 0 Å². The standard InChI is InChI=1S/C17H21N3O2/c1-11-3-5-12(6-4-11)16(13-7-8-13)18-17(22)14-9-10-15(21)20(2)19-14/h3-6,13,16H,7-10H2,1-2H3,(H,18,22)/t16-/m0/s1. The number of nitrogens with one attached hydrogen (secondary N) is 1. The Morgan fingerprint density at radius 1 is 1.27 bits per heavy atom. The van der Waals surface area contributed by atoms with E-state index in [1.54, 1.807) is 7.05 Å². The van der Waals surface area contributed by atoms with Crippen LogP contribution < -0.4 is 5.32 Å². The van der Waals surface area contributed by atoms with Gasteiger partial charge in [-0.05, 0) is 31.2 Å². The third-order valence-electron chi connectivity index (χ3n) is 4.29. The number of benzene rings is 1. The van der Waals surface area contributed by atoms with Gasteiger partial charge >= 0.3 is 0 Å². The molecule has 5 nitrogen and oxygen atoms in total. The summed E-state index contributed by atoms with van der Waals surface area (Å²) >= 11 is 0. The van der Waals surface area contributed by atoms with E-state index in [2.05, 4.69) is 41.6 Å². The van der Waals surface area contributed by atoms with Crippen LogP contribution >= 0.6 is 0 Å². The van der Waals surface area contributed by atoms with Crippen molar-refractivity contribution < 1.29 is 9.59 Å². The topological polar surface area (TPSA) is 61.8 Å². The summed E-state index contributed by atoms with van der Waals surface area (Å²) in [5.41, 5.74) is 2.79. The van der Waals surface area contributed by atoms with E-state index in [1.807, 2.05) is 0 Å². The average molecular weight is 299 g/mol. The first kappa shape index (κ1) is 14.8. The van der Waals surface area contributed by atoms with Gasteiger partial charge in [-0.15, -0.1) is 0 Å². The van der Waals surface area contributed by atoms with Crippen molar-refractivity contribution in [3.05, 3.63) is 35.4 Å². The molecule has 116 valence electrons. The molecule has 5 heteroatoms. The zero-order valence-corrected chi connectivity index (χ0v) is 13.0. The van der Waals surface area contributed by atoms with Crippen molar-refractivity contribution in [3.8, 4) is 0 Å². The number of nitrogens with zero attached hydrogens (tertiary/aromatic N) is 2. The summed E-state index contributed by atoms with van der Waals surface area (Å²) in [4.78, 5) is 23.9. The van der Waals surface area contributed by atoms with Gasteiger partial charge in [-0.25, -0.2) is 5.01 Å². The minimum absolute atomic E-state index is 0.0405. The molecule has 1 aromatic rings. The van der Waals surface area contributed by atoms with Gasteiger partial charge in [0.2, 0.25) is 5.91 Å². The zero-order chi connectivity index (χ0) is 15.7. The summed E-state index contributed by atoms with van der Waals surface area (Å²) in [6, 6.07) is 8.34. The number of amides is 2. The predicted octanol–water partition coefficient (Wildman–Crippen LogP) is 2.17. The number of aryl methyl sites for hydroxylation is 1. The highest BCUT2D eigenvalue weighted by molar-refractivity contribution is 6.39. The molecule has 1 heterocycles. The summed E-state index contributed by atoms with van der Waals surface area (Å²) in [5.74, 6) is 0.306. The summed E-state index contributed by atoms with van der Waals surface area (Å²) < 4.78 is 0. The molecule has 1 N–H and O–H groups in total. The molecule has 2 aliphatic rings. The molecule has 1 atom stereocenters. The second-order valence-corrected chi connectivity index (χ2v) is 6.16. The Morgan fingerprint density at radius 3 is 2.55 bits per heavy atom. The molecule has 0 bridgehead atoms. The summed E-state index contributed by atoms with van der Waals surface area (Å²) in [5, 5.41) is 8.46. The summed E-state index contributed by atoms with van der Waals surface area (Å²) in [6.45, 7) is 2.05. The van der Waals surface area contributed by atoms with Crippen molar-refractivity contribution in [1.29, 1.82) is 0 Å². The quantitative estimate of drug-likeness (QED) is 0.926. The van der Waals surface area contributed by atoms with E-state index in [9.17, 15) is 9.59 Å². The van der Waals surface area contributed by atoms with Crippen LogP contribution in [0, 0.1) is 12.8 Å². The SMILES string of the molecule is Cc1ccc([C@H](NC(=O)C2=NN(C)C(=O)CC2)C2CC2)cc1. The van der Waals surface area contributed by atoms with Crippen molar-refractivity contribution >= 4 is 17.5 Å². The van der Waals surface area contributed by atoms with Crippen molar-refractivity contribution in [2.75, 3.05) is 7.05 Å². The van der Waals surface area contributed by atoms with E-state index in [1.165, 1.54) is 10.6 Å². The van der Waals surface area contributed by atoms with Gasteiger partial charge in [0.1, 0.15) is 5.71 Å². The highest BCUT2D eigenvalue weighted by Gasteiger charge is 2.34. The molecule has 0 unspecified atom stereocenters. The minimum Gasteiger partial charge on any atom is -0.344 e. The fourth-order valence-corrected chi connectivity index (χ4v) is 2.73. The Labute approximate surface area is 130 Å². The van der Waals surface area contributed by atoms with Crippen LogP contribution in [0.4, 0.5) is 0 Å². The van der Waals surface area contributed by atoms with E-state index in [0.29, 0.717) is 24.5 Å². The molecule has 1 aliphatic carbocycles. The molecular weight excluding hydrogens is 278 g/mol. The fraction of sp³-hybridized carbons (Fsp3) is 0.471. The Balaban J connectivity index is 1.74. The lowest BCUT2D eigenvalue weighted by Gasteiger charge is -2.22. The van der Waals surface area contributed by atoms with Gasteiger partial charge < -0.3 is 5.32 Å². The molecule has 0 aromatic heterocycles. The van der Waals surface area contributed by atoms with Gasteiger partial charge in [-0.3, -0.25) is 9.59 Å². The Morgan fingerprint density at radius 2 is 1.95 bits per heavy atom. The van der Waals surface area contributed by atoms with Crippen LogP contribution in [0.5, 0.6) is 0 Å². The van der Waals surface area contributed by atoms with E-state index in [4.69, 9.17) is 0 Å². The van der Waals surface area contributed by atoms with Crippen molar-refractivity contribution in [2.45, 2.75) is 38.6 Å². The minimum atomic E-state index is -0.156. The van der Waals surface area contributed by atoms with E-state index >= 15 is 0 Å². The van der Waals surface area contributed by atoms with Gasteiger partial charge in [0.25, 0.3) is 5.91 Å². The number of carbonyl (C=O) groups excluding carboxylic acids is 2. The van der Waals surface area contributed by atoms with Crippen LogP contribution in [0.3, 0.4) is 0 Å². The molecule has 22 heavy (non-hydrogen) atoms. The number of hydrogen-bond donors (Lipinski definition) is 1. The van der Waals surface area contributed by atoms with Gasteiger partial charge in [0.05, 0.1) is 6.04 Å². The monoisotopic (exact) mass is 299 g/mol. The molecule has 1 aromatic carbocycles. The number of carbonyl (C=O) groups is 2. The van der Waals surface area contributed by atoms with Crippen molar-refractivity contribution in [2.24, 2.45) is 11.0 Å².